The van der Waals surface area contributed by atoms with Crippen molar-refractivity contribution in [2.45, 2.75) is 39.5 Å². The Balaban J connectivity index is 1.80. The molecule has 174 valence electrons. The summed E-state index contributed by atoms with van der Waals surface area (Å²) in [5.74, 6) is 0.913. The van der Waals surface area contributed by atoms with Crippen LogP contribution in [0.4, 0.5) is 0 Å². The number of ether oxygens (including phenoxy) is 2. The average molecular weight is 453 g/mol. The van der Waals surface area contributed by atoms with E-state index in [-0.39, 0.29) is 12.6 Å². The third-order valence-electron chi connectivity index (χ3n) is 5.08. The van der Waals surface area contributed by atoms with E-state index >= 15 is 0 Å². The van der Waals surface area contributed by atoms with Gasteiger partial charge in [-0.25, -0.2) is 0 Å². The summed E-state index contributed by atoms with van der Waals surface area (Å²) in [4.78, 5) is 27.8. The second kappa shape index (κ2) is 11.4. The van der Waals surface area contributed by atoms with E-state index in [1.807, 2.05) is 49.4 Å². The van der Waals surface area contributed by atoms with Crippen LogP contribution in [0.1, 0.15) is 31.4 Å². The Morgan fingerprint density at radius 2 is 2.03 bits per heavy atom. The number of likely N-dealkylation sites (N-methyl/N-ethyl adjacent to an activating group) is 1. The monoisotopic (exact) mass is 452 g/mol. The highest BCUT2D eigenvalue weighted by atomic mass is 16.5. The number of hydrogen-bond acceptors (Lipinski definition) is 8. The normalized spacial score (nSPS) is 12.0. The Labute approximate surface area is 192 Å². The predicted molar refractivity (Wildman–Crippen MR) is 123 cm³/mol. The van der Waals surface area contributed by atoms with E-state index in [0.717, 1.165) is 34.4 Å². The molecule has 0 spiro atoms. The van der Waals surface area contributed by atoms with Crippen LogP contribution in [0.2, 0.25) is 0 Å². The van der Waals surface area contributed by atoms with Crippen LogP contribution in [-0.4, -0.2) is 47.8 Å². The summed E-state index contributed by atoms with van der Waals surface area (Å²) in [5.41, 5.74) is 3.39. The summed E-state index contributed by atoms with van der Waals surface area (Å²) in [6, 6.07) is 13.3. The number of amides is 1. The Morgan fingerprint density at radius 3 is 2.76 bits per heavy atom. The summed E-state index contributed by atoms with van der Waals surface area (Å²) in [5, 5.41) is 6.56. The van der Waals surface area contributed by atoms with E-state index in [9.17, 15) is 9.70 Å². The second-order valence-electron chi connectivity index (χ2n) is 7.87. The van der Waals surface area contributed by atoms with Crippen LogP contribution in [0.3, 0.4) is 0 Å². The van der Waals surface area contributed by atoms with Gasteiger partial charge in [-0.1, -0.05) is 30.3 Å². The molecule has 0 aliphatic heterocycles. The van der Waals surface area contributed by atoms with Gasteiger partial charge in [0, 0.05) is 35.5 Å². The lowest BCUT2D eigenvalue weighted by molar-refractivity contribution is -0.118. The summed E-state index contributed by atoms with van der Waals surface area (Å²) >= 11 is 0. The van der Waals surface area contributed by atoms with Crippen molar-refractivity contribution in [1.29, 1.82) is 0 Å². The van der Waals surface area contributed by atoms with E-state index in [1.165, 1.54) is 0 Å². The number of benzene rings is 2. The fourth-order valence-corrected chi connectivity index (χ4v) is 3.29. The van der Waals surface area contributed by atoms with Crippen molar-refractivity contribution in [3.8, 4) is 28.6 Å². The molecule has 0 bridgehead atoms. The number of nitroso groups, excluding NO2 is 1. The zero-order valence-corrected chi connectivity index (χ0v) is 19.3. The smallest absolute Gasteiger partial charge is 0.300 e. The van der Waals surface area contributed by atoms with E-state index in [2.05, 4.69) is 22.2 Å². The Morgan fingerprint density at radius 1 is 1.21 bits per heavy atom. The molecule has 1 heterocycles. The Kier molecular flexibility index (Phi) is 8.39. The standard InChI is InChI=1S/C24H28N4O5/c1-5-16(2)32-21-10-9-19(12-20(21)15-31-4)24-25-23(27-33-24)18-8-6-7-17(11-18)13-28(3)14-22(29)26-30/h6-12,16H,5,13-15H2,1-4H3. The van der Waals surface area contributed by atoms with E-state index in [4.69, 9.17) is 14.0 Å². The molecule has 0 N–H and O–H groups in total. The lowest BCUT2D eigenvalue weighted by Gasteiger charge is -2.16. The molecule has 3 aromatic rings. The third kappa shape index (κ3) is 6.53. The topological polar surface area (TPSA) is 107 Å². The van der Waals surface area contributed by atoms with Crippen molar-refractivity contribution in [2.75, 3.05) is 20.7 Å². The molecule has 0 saturated carbocycles. The number of hydrogen-bond donors (Lipinski definition) is 0. The van der Waals surface area contributed by atoms with E-state index in [1.54, 1.807) is 19.1 Å². The van der Waals surface area contributed by atoms with Gasteiger partial charge in [0.05, 0.1) is 19.3 Å². The van der Waals surface area contributed by atoms with Gasteiger partial charge in [0.25, 0.3) is 11.8 Å². The minimum Gasteiger partial charge on any atom is -0.490 e. The van der Waals surface area contributed by atoms with Crippen LogP contribution in [-0.2, 0) is 22.7 Å². The molecule has 33 heavy (non-hydrogen) atoms. The molecule has 1 amide bonds. The molecule has 1 aromatic heterocycles. The fourth-order valence-electron chi connectivity index (χ4n) is 3.29. The van der Waals surface area contributed by atoms with E-state index in [0.29, 0.717) is 24.9 Å². The van der Waals surface area contributed by atoms with Gasteiger partial charge in [0.15, 0.2) is 0 Å². The maximum atomic E-state index is 11.2. The van der Waals surface area contributed by atoms with Gasteiger partial charge in [0.2, 0.25) is 5.82 Å². The summed E-state index contributed by atoms with van der Waals surface area (Å²) in [7, 11) is 3.38. The van der Waals surface area contributed by atoms with Gasteiger partial charge in [-0.2, -0.15) is 4.98 Å². The molecular formula is C24H28N4O5. The minimum absolute atomic E-state index is 0.0410. The van der Waals surface area contributed by atoms with Gasteiger partial charge in [-0.15, -0.1) is 4.91 Å². The highest BCUT2D eigenvalue weighted by Crippen LogP contribution is 2.29. The van der Waals surface area contributed by atoms with Crippen molar-refractivity contribution in [1.82, 2.24) is 15.0 Å². The number of nitrogens with zero attached hydrogens (tertiary/aromatic N) is 4. The molecule has 0 radical (unpaired) electrons. The van der Waals surface area contributed by atoms with Gasteiger partial charge in [-0.05, 0) is 50.2 Å². The van der Waals surface area contributed by atoms with Crippen molar-refractivity contribution < 1.29 is 18.8 Å². The van der Waals surface area contributed by atoms with Crippen LogP contribution in [0.5, 0.6) is 5.75 Å². The lowest BCUT2D eigenvalue weighted by Crippen LogP contribution is -2.24. The number of carbonyl (C=O) groups is 1. The Hall–Kier alpha value is -3.43. The first-order valence-corrected chi connectivity index (χ1v) is 10.7. The Bertz CT molecular complexity index is 1100. The largest absolute Gasteiger partial charge is 0.490 e. The molecular weight excluding hydrogens is 424 g/mol. The SMILES string of the molecule is CCC(C)Oc1ccc(-c2nc(-c3cccc(CN(C)CC(=O)N=O)c3)no2)cc1COC. The van der Waals surface area contributed by atoms with Gasteiger partial charge >= 0.3 is 0 Å². The van der Waals surface area contributed by atoms with Crippen molar-refractivity contribution in [3.05, 3.63) is 58.5 Å². The lowest BCUT2D eigenvalue weighted by atomic mass is 10.1. The zero-order chi connectivity index (χ0) is 23.8. The van der Waals surface area contributed by atoms with Crippen molar-refractivity contribution in [2.24, 2.45) is 5.18 Å². The van der Waals surface area contributed by atoms with Crippen LogP contribution < -0.4 is 4.74 Å². The van der Waals surface area contributed by atoms with Crippen molar-refractivity contribution >= 4 is 5.91 Å². The maximum absolute atomic E-state index is 11.2. The van der Waals surface area contributed by atoms with Gasteiger partial charge in [0.1, 0.15) is 5.75 Å². The molecule has 1 unspecified atom stereocenters. The third-order valence-corrected chi connectivity index (χ3v) is 5.08. The number of rotatable bonds is 11. The molecule has 3 rings (SSSR count). The summed E-state index contributed by atoms with van der Waals surface area (Å²) in [6.07, 6.45) is 1.00. The molecule has 2 aromatic carbocycles. The number of carbonyl (C=O) groups excluding carboxylic acids is 1. The second-order valence-corrected chi connectivity index (χ2v) is 7.87. The van der Waals surface area contributed by atoms with Crippen LogP contribution in [0.15, 0.2) is 52.2 Å². The molecule has 9 nitrogen and oxygen atoms in total. The van der Waals surface area contributed by atoms with Crippen LogP contribution >= 0.6 is 0 Å². The first-order chi connectivity index (χ1) is 15.9. The summed E-state index contributed by atoms with van der Waals surface area (Å²) in [6.45, 7) is 4.93. The highest BCUT2D eigenvalue weighted by Gasteiger charge is 2.15. The average Bonchev–Trinajstić information content (AvgIpc) is 3.30. The van der Waals surface area contributed by atoms with Gasteiger partial charge in [-0.3, -0.25) is 9.69 Å². The van der Waals surface area contributed by atoms with Crippen LogP contribution in [0.25, 0.3) is 22.8 Å². The molecule has 0 aliphatic carbocycles. The van der Waals surface area contributed by atoms with Crippen LogP contribution in [0, 0.1) is 4.91 Å². The number of methoxy groups -OCH3 is 1. The summed E-state index contributed by atoms with van der Waals surface area (Å²) < 4.78 is 16.8. The molecule has 0 saturated heterocycles. The highest BCUT2D eigenvalue weighted by molar-refractivity contribution is 5.78. The fraction of sp³-hybridized carbons (Fsp3) is 0.375. The molecule has 9 heteroatoms. The number of aromatic nitrogens is 2. The molecule has 0 fully saturated rings. The van der Waals surface area contributed by atoms with Gasteiger partial charge < -0.3 is 14.0 Å². The van der Waals surface area contributed by atoms with E-state index < -0.39 is 5.91 Å². The molecule has 1 atom stereocenters. The maximum Gasteiger partial charge on any atom is 0.300 e. The predicted octanol–water partition coefficient (Wildman–Crippen LogP) is 4.45. The first-order valence-electron chi connectivity index (χ1n) is 10.7. The van der Waals surface area contributed by atoms with Crippen molar-refractivity contribution in [3.63, 3.8) is 0 Å². The first kappa shape index (κ1) is 24.2. The molecule has 0 aliphatic rings. The quantitative estimate of drug-likeness (QED) is 0.393. The zero-order valence-electron chi connectivity index (χ0n) is 19.3. The minimum atomic E-state index is -0.704.